The number of aliphatic carboxylic acids is 2. The van der Waals surface area contributed by atoms with Gasteiger partial charge in [0.1, 0.15) is 12.1 Å². The van der Waals surface area contributed by atoms with Crippen LogP contribution in [0.5, 0.6) is 0 Å². The molecule has 11 heteroatoms. The number of rotatable bonds is 16. The molecule has 0 bridgehead atoms. The monoisotopic (exact) mass is 581 g/mol. The second-order valence-electron chi connectivity index (χ2n) is 9.88. The fraction of sp³-hybridized carbons (Fsp3) is 0.367. The lowest BCUT2D eigenvalue weighted by molar-refractivity contribution is -0.138. The molecule has 1 unspecified atom stereocenters. The quantitative estimate of drug-likeness (QED) is 0.200. The maximum absolute atomic E-state index is 12.8. The largest absolute Gasteiger partial charge is 0.481 e. The molecule has 0 spiro atoms. The standard InChI is InChI=1S/C30H35N3O7S/c31-29(39)23(7-4-8-27(35)36)33-30(40)24(14-16-28(37)38)32-26(34)15-11-19-9-12-21(13-10-19)25-17-22(18-41-25)20-5-2-1-3-6-20/h1-3,5-6,9-10,12-13,18,23-25H,4,7-8,11,14-17H2,(H2,31,39)(H,32,34)(H,33,40)(H,35,36)(H,37,38)/t23-,24-,25?/m0/s1. The lowest BCUT2D eigenvalue weighted by Gasteiger charge is -2.21. The van der Waals surface area contributed by atoms with Crippen LogP contribution in [-0.2, 0) is 30.4 Å². The second kappa shape index (κ2) is 15.6. The maximum Gasteiger partial charge on any atom is 0.303 e. The van der Waals surface area contributed by atoms with Crippen molar-refractivity contribution in [1.82, 2.24) is 10.6 Å². The topological polar surface area (TPSA) is 176 Å². The highest BCUT2D eigenvalue weighted by atomic mass is 32.2. The number of thioether (sulfide) groups is 1. The predicted molar refractivity (Wildman–Crippen MR) is 156 cm³/mol. The Balaban J connectivity index is 1.52. The van der Waals surface area contributed by atoms with Crippen LogP contribution in [0.15, 0.2) is 60.0 Å². The van der Waals surface area contributed by atoms with E-state index in [0.717, 1.165) is 12.0 Å². The molecule has 1 heterocycles. The van der Waals surface area contributed by atoms with E-state index in [9.17, 15) is 24.0 Å². The van der Waals surface area contributed by atoms with Gasteiger partial charge in [0.15, 0.2) is 0 Å². The van der Waals surface area contributed by atoms with Gasteiger partial charge in [0.2, 0.25) is 17.7 Å². The number of hydrogen-bond donors (Lipinski definition) is 5. The number of primary amides is 1. The lowest BCUT2D eigenvalue weighted by atomic mass is 9.98. The van der Waals surface area contributed by atoms with Gasteiger partial charge in [-0.1, -0.05) is 54.6 Å². The minimum atomic E-state index is -1.19. The zero-order valence-corrected chi connectivity index (χ0v) is 23.4. The van der Waals surface area contributed by atoms with Crippen molar-refractivity contribution in [2.45, 2.75) is 68.7 Å². The van der Waals surface area contributed by atoms with Gasteiger partial charge in [-0.3, -0.25) is 24.0 Å². The summed E-state index contributed by atoms with van der Waals surface area (Å²) in [6.45, 7) is 0. The molecule has 10 nitrogen and oxygen atoms in total. The number of carboxylic acid groups (broad SMARTS) is 2. The number of nitrogens with two attached hydrogens (primary N) is 1. The summed E-state index contributed by atoms with van der Waals surface area (Å²) in [7, 11) is 0. The van der Waals surface area contributed by atoms with Crippen LogP contribution in [0.25, 0.3) is 5.57 Å². The van der Waals surface area contributed by atoms with E-state index < -0.39 is 41.7 Å². The lowest BCUT2D eigenvalue weighted by Crippen LogP contribution is -2.53. The van der Waals surface area contributed by atoms with Gasteiger partial charge in [-0.25, -0.2) is 0 Å². The molecule has 0 radical (unpaired) electrons. The van der Waals surface area contributed by atoms with Gasteiger partial charge in [-0.2, -0.15) is 0 Å². The normalized spacial score (nSPS) is 15.8. The molecule has 41 heavy (non-hydrogen) atoms. The van der Waals surface area contributed by atoms with Crippen LogP contribution in [0.3, 0.4) is 0 Å². The van der Waals surface area contributed by atoms with Gasteiger partial charge in [-0.15, -0.1) is 11.8 Å². The summed E-state index contributed by atoms with van der Waals surface area (Å²) < 4.78 is 0. The summed E-state index contributed by atoms with van der Waals surface area (Å²) in [6, 6.07) is 16.0. The molecule has 2 aromatic rings. The number of carboxylic acids is 2. The Labute approximate surface area is 242 Å². The number of hydrogen-bond acceptors (Lipinski definition) is 6. The van der Waals surface area contributed by atoms with Gasteiger partial charge in [0, 0.05) is 24.5 Å². The smallest absolute Gasteiger partial charge is 0.303 e. The molecule has 1 aliphatic rings. The molecule has 0 fully saturated rings. The molecule has 218 valence electrons. The summed E-state index contributed by atoms with van der Waals surface area (Å²) >= 11 is 1.79. The molecule has 3 amide bonds. The predicted octanol–water partition coefficient (Wildman–Crippen LogP) is 3.41. The maximum atomic E-state index is 12.8. The van der Waals surface area contributed by atoms with E-state index in [4.69, 9.17) is 15.9 Å². The van der Waals surface area contributed by atoms with Crippen molar-refractivity contribution in [2.24, 2.45) is 5.73 Å². The first-order valence-corrected chi connectivity index (χ1v) is 14.4. The number of carbonyl (C=O) groups is 5. The molecule has 2 aromatic carbocycles. The molecule has 6 N–H and O–H groups in total. The van der Waals surface area contributed by atoms with E-state index in [1.807, 2.05) is 30.3 Å². The van der Waals surface area contributed by atoms with Gasteiger partial charge in [0.25, 0.3) is 0 Å². The third-order valence-corrected chi connectivity index (χ3v) is 7.95. The average molecular weight is 582 g/mol. The third kappa shape index (κ3) is 10.4. The van der Waals surface area contributed by atoms with E-state index in [0.29, 0.717) is 11.7 Å². The molecular weight excluding hydrogens is 546 g/mol. The number of allylic oxidation sites excluding steroid dienone is 1. The molecule has 0 aromatic heterocycles. The molecule has 3 atom stereocenters. The number of amides is 3. The Morgan fingerprint density at radius 1 is 0.854 bits per heavy atom. The number of benzene rings is 2. The van der Waals surface area contributed by atoms with Crippen LogP contribution >= 0.6 is 11.8 Å². The van der Waals surface area contributed by atoms with Gasteiger partial charge in [-0.05, 0) is 59.8 Å². The number of nitrogens with one attached hydrogen (secondary N) is 2. The molecule has 1 aliphatic heterocycles. The van der Waals surface area contributed by atoms with Crippen LogP contribution in [0.1, 0.15) is 66.9 Å². The zero-order valence-electron chi connectivity index (χ0n) is 22.6. The molecule has 3 rings (SSSR count). The second-order valence-corrected chi connectivity index (χ2v) is 11.0. The van der Waals surface area contributed by atoms with E-state index in [2.05, 4.69) is 40.3 Å². The van der Waals surface area contributed by atoms with E-state index in [1.165, 1.54) is 16.7 Å². The molecule has 0 aliphatic carbocycles. The van der Waals surface area contributed by atoms with Gasteiger partial charge < -0.3 is 26.6 Å². The molecule has 0 saturated carbocycles. The van der Waals surface area contributed by atoms with Crippen LogP contribution in [0.2, 0.25) is 0 Å². The van der Waals surface area contributed by atoms with Crippen molar-refractivity contribution < 1.29 is 34.2 Å². The first-order valence-electron chi connectivity index (χ1n) is 13.4. The van der Waals surface area contributed by atoms with E-state index in [1.54, 1.807) is 11.8 Å². The fourth-order valence-corrected chi connectivity index (χ4v) is 5.62. The Morgan fingerprint density at radius 3 is 2.17 bits per heavy atom. The van der Waals surface area contributed by atoms with Crippen molar-refractivity contribution in [2.75, 3.05) is 0 Å². The van der Waals surface area contributed by atoms with Crippen LogP contribution in [0, 0.1) is 0 Å². The van der Waals surface area contributed by atoms with Crippen molar-refractivity contribution in [1.29, 1.82) is 0 Å². The van der Waals surface area contributed by atoms with Crippen molar-refractivity contribution in [3.8, 4) is 0 Å². The highest BCUT2D eigenvalue weighted by molar-refractivity contribution is 8.02. The minimum absolute atomic E-state index is 0.00591. The molecule has 0 saturated heterocycles. The Morgan fingerprint density at radius 2 is 1.54 bits per heavy atom. The van der Waals surface area contributed by atoms with Crippen molar-refractivity contribution in [3.05, 3.63) is 76.7 Å². The van der Waals surface area contributed by atoms with E-state index >= 15 is 0 Å². The Hall–Kier alpha value is -4.12. The van der Waals surface area contributed by atoms with Crippen LogP contribution in [-0.4, -0.2) is 52.0 Å². The summed E-state index contributed by atoms with van der Waals surface area (Å²) in [4.78, 5) is 59.1. The van der Waals surface area contributed by atoms with Crippen LogP contribution < -0.4 is 16.4 Å². The summed E-state index contributed by atoms with van der Waals surface area (Å²) in [5.41, 5.74) is 10.0. The average Bonchev–Trinajstić information content (AvgIpc) is 3.44. The summed E-state index contributed by atoms with van der Waals surface area (Å²) in [5, 5.41) is 25.4. The number of carbonyl (C=O) groups excluding carboxylic acids is 3. The van der Waals surface area contributed by atoms with Gasteiger partial charge in [0.05, 0.1) is 0 Å². The summed E-state index contributed by atoms with van der Waals surface area (Å²) in [6.07, 6.45) is 0.789. The van der Waals surface area contributed by atoms with Gasteiger partial charge >= 0.3 is 11.9 Å². The fourth-order valence-electron chi connectivity index (χ4n) is 4.47. The zero-order chi connectivity index (χ0) is 29.8. The Kier molecular flexibility index (Phi) is 12.0. The number of aryl methyl sites for hydroxylation is 1. The third-order valence-electron chi connectivity index (χ3n) is 6.76. The van der Waals surface area contributed by atoms with Crippen LogP contribution in [0.4, 0.5) is 0 Å². The minimum Gasteiger partial charge on any atom is -0.481 e. The first kappa shape index (κ1) is 31.4. The van der Waals surface area contributed by atoms with Crippen molar-refractivity contribution in [3.63, 3.8) is 0 Å². The highest BCUT2D eigenvalue weighted by Crippen LogP contribution is 2.45. The van der Waals surface area contributed by atoms with Crippen molar-refractivity contribution >= 4 is 47.0 Å². The first-order chi connectivity index (χ1) is 19.6. The highest BCUT2D eigenvalue weighted by Gasteiger charge is 2.26. The molecular formula is C30H35N3O7S. The van der Waals surface area contributed by atoms with E-state index in [-0.39, 0.29) is 38.5 Å². The Bertz CT molecular complexity index is 1260. The summed E-state index contributed by atoms with van der Waals surface area (Å²) in [5.74, 6) is -4.23. The SMILES string of the molecule is NC(=O)[C@H](CCCC(=O)O)NC(=O)[C@H](CCC(=O)O)NC(=O)CCc1ccc(C2CC(c3ccccc3)=CS2)cc1.